The van der Waals surface area contributed by atoms with Crippen molar-refractivity contribution in [1.29, 1.82) is 0 Å². The molecular formula is C22H23N3O2. The van der Waals surface area contributed by atoms with Crippen LogP contribution in [0.25, 0.3) is 10.9 Å². The number of nitrogens with one attached hydrogen (secondary N) is 1. The molecule has 2 heterocycles. The van der Waals surface area contributed by atoms with Crippen LogP contribution in [-0.2, 0) is 19.4 Å². The highest BCUT2D eigenvalue weighted by Gasteiger charge is 2.22. The first-order valence-corrected chi connectivity index (χ1v) is 9.35. The van der Waals surface area contributed by atoms with Crippen LogP contribution in [-0.4, -0.2) is 23.0 Å². The van der Waals surface area contributed by atoms with Crippen molar-refractivity contribution in [3.63, 3.8) is 0 Å². The van der Waals surface area contributed by atoms with E-state index in [1.807, 2.05) is 19.1 Å². The fourth-order valence-corrected chi connectivity index (χ4v) is 3.70. The minimum absolute atomic E-state index is 0.0398. The lowest BCUT2D eigenvalue weighted by Crippen LogP contribution is -2.26. The highest BCUT2D eigenvalue weighted by molar-refractivity contribution is 6.07. The van der Waals surface area contributed by atoms with E-state index in [4.69, 9.17) is 9.72 Å². The molecule has 1 aliphatic carbocycles. The molecule has 0 bridgehead atoms. The average molecular weight is 361 g/mol. The molecule has 0 radical (unpaired) electrons. The molecule has 3 aromatic rings. The molecule has 1 amide bonds. The first-order chi connectivity index (χ1) is 13.2. The van der Waals surface area contributed by atoms with Crippen molar-refractivity contribution in [1.82, 2.24) is 15.3 Å². The molecule has 0 unspecified atom stereocenters. The normalized spacial score (nSPS) is 13.3. The van der Waals surface area contributed by atoms with Gasteiger partial charge in [0.2, 0.25) is 5.88 Å². The number of pyridine rings is 2. The second-order valence-corrected chi connectivity index (χ2v) is 7.03. The van der Waals surface area contributed by atoms with E-state index < -0.39 is 0 Å². The number of ether oxygens (including phenoxy) is 1. The summed E-state index contributed by atoms with van der Waals surface area (Å²) in [6, 6.07) is 9.85. The Morgan fingerprint density at radius 3 is 2.81 bits per heavy atom. The number of aromatic nitrogens is 2. The van der Waals surface area contributed by atoms with Gasteiger partial charge in [0.15, 0.2) is 0 Å². The van der Waals surface area contributed by atoms with Crippen molar-refractivity contribution in [2.24, 2.45) is 0 Å². The summed E-state index contributed by atoms with van der Waals surface area (Å²) in [7, 11) is 1.59. The summed E-state index contributed by atoms with van der Waals surface area (Å²) in [5.41, 5.74) is 5.96. The summed E-state index contributed by atoms with van der Waals surface area (Å²) in [6.45, 7) is 2.48. The minimum atomic E-state index is -0.0398. The number of hydrogen-bond donors (Lipinski definition) is 1. The van der Waals surface area contributed by atoms with Crippen LogP contribution in [0.4, 0.5) is 0 Å². The van der Waals surface area contributed by atoms with Crippen molar-refractivity contribution in [2.45, 2.75) is 39.2 Å². The Labute approximate surface area is 158 Å². The lowest BCUT2D eigenvalue weighted by Gasteiger charge is -2.20. The lowest BCUT2D eigenvalue weighted by molar-refractivity contribution is 0.0951. The van der Waals surface area contributed by atoms with Gasteiger partial charge in [-0.3, -0.25) is 9.78 Å². The summed E-state index contributed by atoms with van der Waals surface area (Å²) in [4.78, 5) is 22.2. The van der Waals surface area contributed by atoms with Crippen LogP contribution in [0.3, 0.4) is 0 Å². The van der Waals surface area contributed by atoms with Crippen LogP contribution in [0.5, 0.6) is 5.88 Å². The van der Waals surface area contributed by atoms with Crippen LogP contribution < -0.4 is 10.1 Å². The SMILES string of the molecule is COc1ccc(CNC(=O)c2c3c(nc4ccc(C)cc24)CCCC3)cn1. The third kappa shape index (κ3) is 3.50. The first-order valence-electron chi connectivity index (χ1n) is 9.35. The van der Waals surface area contributed by atoms with Crippen molar-refractivity contribution < 1.29 is 9.53 Å². The average Bonchev–Trinajstić information content (AvgIpc) is 2.70. The third-order valence-corrected chi connectivity index (χ3v) is 5.10. The summed E-state index contributed by atoms with van der Waals surface area (Å²) < 4.78 is 5.08. The molecule has 1 N–H and O–H groups in total. The van der Waals surface area contributed by atoms with Gasteiger partial charge in [0.25, 0.3) is 5.91 Å². The van der Waals surface area contributed by atoms with E-state index >= 15 is 0 Å². The number of rotatable bonds is 4. The van der Waals surface area contributed by atoms with Crippen LogP contribution in [0.15, 0.2) is 36.5 Å². The molecule has 1 aliphatic rings. The lowest BCUT2D eigenvalue weighted by atomic mass is 9.89. The molecule has 138 valence electrons. The van der Waals surface area contributed by atoms with Gasteiger partial charge in [-0.2, -0.15) is 0 Å². The van der Waals surface area contributed by atoms with E-state index in [2.05, 4.69) is 22.4 Å². The van der Waals surface area contributed by atoms with E-state index in [-0.39, 0.29) is 5.91 Å². The highest BCUT2D eigenvalue weighted by Crippen LogP contribution is 2.30. The maximum Gasteiger partial charge on any atom is 0.252 e. The van der Waals surface area contributed by atoms with Gasteiger partial charge >= 0.3 is 0 Å². The zero-order valence-electron chi connectivity index (χ0n) is 15.7. The second kappa shape index (κ2) is 7.35. The molecule has 4 rings (SSSR count). The third-order valence-electron chi connectivity index (χ3n) is 5.10. The van der Waals surface area contributed by atoms with Crippen molar-refractivity contribution >= 4 is 16.8 Å². The Kier molecular flexibility index (Phi) is 4.75. The highest BCUT2D eigenvalue weighted by atomic mass is 16.5. The number of carbonyl (C=O) groups is 1. The molecule has 0 fully saturated rings. The number of nitrogens with zero attached hydrogens (tertiary/aromatic N) is 2. The Balaban J connectivity index is 1.68. The van der Waals surface area contributed by atoms with Crippen molar-refractivity contribution in [3.8, 4) is 5.88 Å². The van der Waals surface area contributed by atoms with Gasteiger partial charge in [0, 0.05) is 29.9 Å². The first kappa shape index (κ1) is 17.5. The molecular weight excluding hydrogens is 338 g/mol. The maximum absolute atomic E-state index is 13.2. The smallest absolute Gasteiger partial charge is 0.252 e. The number of aryl methyl sites for hydroxylation is 2. The number of benzene rings is 1. The van der Waals surface area contributed by atoms with Gasteiger partial charge < -0.3 is 10.1 Å². The Hall–Kier alpha value is -2.95. The van der Waals surface area contributed by atoms with E-state index in [0.29, 0.717) is 12.4 Å². The van der Waals surface area contributed by atoms with Gasteiger partial charge in [0.1, 0.15) is 0 Å². The molecule has 1 aromatic carbocycles. The fourth-order valence-electron chi connectivity index (χ4n) is 3.70. The number of hydrogen-bond acceptors (Lipinski definition) is 4. The second-order valence-electron chi connectivity index (χ2n) is 7.03. The molecule has 5 nitrogen and oxygen atoms in total. The Morgan fingerprint density at radius 1 is 1.19 bits per heavy atom. The predicted octanol–water partition coefficient (Wildman–Crippen LogP) is 3.76. The van der Waals surface area contributed by atoms with Crippen molar-refractivity contribution in [2.75, 3.05) is 7.11 Å². The molecule has 0 atom stereocenters. The minimum Gasteiger partial charge on any atom is -0.481 e. The fraction of sp³-hybridized carbons (Fsp3) is 0.318. The summed E-state index contributed by atoms with van der Waals surface area (Å²) in [5.74, 6) is 0.525. The number of methoxy groups -OCH3 is 1. The molecule has 0 saturated carbocycles. The zero-order chi connectivity index (χ0) is 18.8. The molecule has 2 aromatic heterocycles. The predicted molar refractivity (Wildman–Crippen MR) is 105 cm³/mol. The van der Waals surface area contributed by atoms with E-state index in [9.17, 15) is 4.79 Å². The van der Waals surface area contributed by atoms with Crippen LogP contribution >= 0.6 is 0 Å². The molecule has 27 heavy (non-hydrogen) atoms. The van der Waals surface area contributed by atoms with Gasteiger partial charge in [-0.05, 0) is 55.9 Å². The number of fused-ring (bicyclic) bond motifs is 2. The summed E-state index contributed by atoms with van der Waals surface area (Å²) in [5, 5.41) is 4.01. The summed E-state index contributed by atoms with van der Waals surface area (Å²) >= 11 is 0. The molecule has 5 heteroatoms. The zero-order valence-corrected chi connectivity index (χ0v) is 15.7. The van der Waals surface area contributed by atoms with Gasteiger partial charge in [-0.25, -0.2) is 4.98 Å². The van der Waals surface area contributed by atoms with Gasteiger partial charge in [0.05, 0.1) is 18.2 Å². The number of carbonyl (C=O) groups excluding carboxylic acids is 1. The Morgan fingerprint density at radius 2 is 2.04 bits per heavy atom. The molecule has 0 saturated heterocycles. The van der Waals surface area contributed by atoms with Crippen molar-refractivity contribution in [3.05, 3.63) is 64.5 Å². The monoisotopic (exact) mass is 361 g/mol. The van der Waals surface area contributed by atoms with Gasteiger partial charge in [-0.15, -0.1) is 0 Å². The van der Waals surface area contributed by atoms with E-state index in [1.54, 1.807) is 19.4 Å². The standard InChI is InChI=1S/C22H23N3O2/c1-14-7-9-19-17(11-14)21(16-5-3-4-6-18(16)25-19)22(26)24-13-15-8-10-20(27-2)23-12-15/h7-12H,3-6,13H2,1-2H3,(H,24,26). The number of amides is 1. The molecule has 0 spiro atoms. The van der Waals surface area contributed by atoms with Crippen LogP contribution in [0.2, 0.25) is 0 Å². The maximum atomic E-state index is 13.2. The van der Waals surface area contributed by atoms with E-state index in [1.165, 1.54) is 0 Å². The summed E-state index contributed by atoms with van der Waals surface area (Å²) in [6.07, 6.45) is 5.83. The van der Waals surface area contributed by atoms with Crippen LogP contribution in [0.1, 0.15) is 45.6 Å². The Bertz CT molecular complexity index is 997. The largest absolute Gasteiger partial charge is 0.481 e. The van der Waals surface area contributed by atoms with Gasteiger partial charge in [-0.1, -0.05) is 17.7 Å². The van der Waals surface area contributed by atoms with E-state index in [0.717, 1.165) is 64.5 Å². The van der Waals surface area contributed by atoms with Crippen LogP contribution in [0, 0.1) is 6.92 Å². The quantitative estimate of drug-likeness (QED) is 0.769. The topological polar surface area (TPSA) is 64.1 Å². The molecule has 0 aliphatic heterocycles.